The molecule has 2 aromatic heterocycles. The van der Waals surface area contributed by atoms with Crippen molar-refractivity contribution in [3.63, 3.8) is 0 Å². The van der Waals surface area contributed by atoms with Crippen LogP contribution in [0, 0.1) is 5.95 Å². The van der Waals surface area contributed by atoms with E-state index in [9.17, 15) is 9.18 Å². The number of halogens is 2. The number of aromatic carboxylic acids is 1. The average molecular weight is 302 g/mol. The number of aromatic nitrogens is 1. The molecule has 6 heteroatoms. The van der Waals surface area contributed by atoms with Crippen molar-refractivity contribution in [3.05, 3.63) is 39.0 Å². The van der Waals surface area contributed by atoms with E-state index in [-0.39, 0.29) is 10.4 Å². The Morgan fingerprint density at radius 1 is 1.50 bits per heavy atom. The van der Waals surface area contributed by atoms with Gasteiger partial charge in [-0.2, -0.15) is 4.39 Å². The summed E-state index contributed by atoms with van der Waals surface area (Å²) in [6, 6.07) is 4.58. The van der Waals surface area contributed by atoms with E-state index in [2.05, 4.69) is 20.9 Å². The van der Waals surface area contributed by atoms with E-state index in [1.165, 1.54) is 12.3 Å². The number of hydrogen-bond acceptors (Lipinski definition) is 3. The van der Waals surface area contributed by atoms with Crippen molar-refractivity contribution in [2.45, 2.75) is 0 Å². The molecule has 0 spiro atoms. The lowest BCUT2D eigenvalue weighted by Crippen LogP contribution is -1.90. The lowest BCUT2D eigenvalue weighted by atomic mass is 10.1. The summed E-state index contributed by atoms with van der Waals surface area (Å²) in [6.07, 6.45) is 1.34. The van der Waals surface area contributed by atoms with Gasteiger partial charge in [0.1, 0.15) is 4.88 Å². The van der Waals surface area contributed by atoms with Crippen LogP contribution in [0.15, 0.2) is 28.2 Å². The van der Waals surface area contributed by atoms with E-state index in [4.69, 9.17) is 5.11 Å². The van der Waals surface area contributed by atoms with Crippen molar-refractivity contribution in [2.75, 3.05) is 0 Å². The van der Waals surface area contributed by atoms with Gasteiger partial charge < -0.3 is 5.11 Å². The number of nitrogens with zero attached hydrogens (tertiary/aromatic N) is 1. The van der Waals surface area contributed by atoms with Crippen LogP contribution in [0.5, 0.6) is 0 Å². The molecule has 0 aromatic carbocycles. The first kappa shape index (κ1) is 11.2. The van der Waals surface area contributed by atoms with Gasteiger partial charge in [-0.15, -0.1) is 11.3 Å². The molecule has 16 heavy (non-hydrogen) atoms. The van der Waals surface area contributed by atoms with Crippen molar-refractivity contribution in [1.29, 1.82) is 0 Å². The quantitative estimate of drug-likeness (QED) is 0.865. The minimum Gasteiger partial charge on any atom is -0.477 e. The summed E-state index contributed by atoms with van der Waals surface area (Å²) in [5.41, 5.74) is 0.797. The Hall–Kier alpha value is -1.27. The van der Waals surface area contributed by atoms with Gasteiger partial charge in [0, 0.05) is 17.3 Å². The van der Waals surface area contributed by atoms with Crippen LogP contribution < -0.4 is 0 Å². The van der Waals surface area contributed by atoms with Gasteiger partial charge in [0.2, 0.25) is 5.95 Å². The van der Waals surface area contributed by atoms with Gasteiger partial charge in [-0.05, 0) is 34.1 Å². The first-order chi connectivity index (χ1) is 7.59. The Morgan fingerprint density at radius 2 is 2.25 bits per heavy atom. The SMILES string of the molecule is O=C(O)c1cc(-c2cccnc2F)c(Br)s1. The third kappa shape index (κ3) is 1.98. The first-order valence-corrected chi connectivity index (χ1v) is 5.84. The number of pyridine rings is 1. The highest BCUT2D eigenvalue weighted by Gasteiger charge is 2.16. The molecule has 0 saturated heterocycles. The summed E-state index contributed by atoms with van der Waals surface area (Å²) in [4.78, 5) is 14.4. The van der Waals surface area contributed by atoms with Crippen LogP contribution in [0.4, 0.5) is 4.39 Å². The van der Waals surface area contributed by atoms with E-state index in [1.54, 1.807) is 12.1 Å². The van der Waals surface area contributed by atoms with Gasteiger partial charge in [0.25, 0.3) is 0 Å². The summed E-state index contributed by atoms with van der Waals surface area (Å²) in [5, 5.41) is 8.82. The highest BCUT2D eigenvalue weighted by atomic mass is 79.9. The molecule has 2 aromatic rings. The van der Waals surface area contributed by atoms with Gasteiger partial charge in [-0.3, -0.25) is 0 Å². The molecule has 0 amide bonds. The molecule has 0 aliphatic rings. The maximum absolute atomic E-state index is 13.4. The third-order valence-electron chi connectivity index (χ3n) is 1.95. The molecule has 2 rings (SSSR count). The normalized spacial score (nSPS) is 10.4. The monoisotopic (exact) mass is 301 g/mol. The largest absolute Gasteiger partial charge is 0.477 e. The Labute approximate surface area is 103 Å². The predicted molar refractivity (Wildman–Crippen MR) is 62.2 cm³/mol. The first-order valence-electron chi connectivity index (χ1n) is 4.23. The summed E-state index contributed by atoms with van der Waals surface area (Å²) in [7, 11) is 0. The van der Waals surface area contributed by atoms with E-state index in [0.29, 0.717) is 9.35 Å². The van der Waals surface area contributed by atoms with Crippen LogP contribution in [0.25, 0.3) is 11.1 Å². The number of hydrogen-bond donors (Lipinski definition) is 1. The van der Waals surface area contributed by atoms with Crippen LogP contribution in [0.1, 0.15) is 9.67 Å². The molecule has 0 unspecified atom stereocenters. The van der Waals surface area contributed by atoms with Crippen molar-refractivity contribution in [3.8, 4) is 11.1 Å². The molecule has 0 atom stereocenters. The molecule has 0 radical (unpaired) electrons. The molecule has 0 fully saturated rings. The topological polar surface area (TPSA) is 50.2 Å². The Kier molecular flexibility index (Phi) is 3.02. The number of carbonyl (C=O) groups is 1. The van der Waals surface area contributed by atoms with Crippen molar-refractivity contribution in [1.82, 2.24) is 4.98 Å². The van der Waals surface area contributed by atoms with Crippen LogP contribution in [-0.2, 0) is 0 Å². The minimum absolute atomic E-state index is 0.158. The Balaban J connectivity index is 2.57. The molecule has 0 aliphatic carbocycles. The molecular formula is C10H5BrFNO2S. The second-order valence-corrected chi connectivity index (χ2v) is 5.32. The fourth-order valence-corrected chi connectivity index (χ4v) is 2.83. The van der Waals surface area contributed by atoms with Crippen LogP contribution in [0.2, 0.25) is 0 Å². The molecule has 1 N–H and O–H groups in total. The van der Waals surface area contributed by atoms with Crippen LogP contribution in [-0.4, -0.2) is 16.1 Å². The highest BCUT2D eigenvalue weighted by Crippen LogP contribution is 2.36. The second-order valence-electron chi connectivity index (χ2n) is 2.94. The zero-order valence-electron chi connectivity index (χ0n) is 7.78. The van der Waals surface area contributed by atoms with Crippen molar-refractivity contribution < 1.29 is 14.3 Å². The molecule has 0 aliphatic heterocycles. The van der Waals surface area contributed by atoms with Crippen LogP contribution in [0.3, 0.4) is 0 Å². The summed E-state index contributed by atoms with van der Waals surface area (Å²) in [6.45, 7) is 0. The van der Waals surface area contributed by atoms with E-state index in [0.717, 1.165) is 11.3 Å². The number of carboxylic acid groups (broad SMARTS) is 1. The number of thiophene rings is 1. The van der Waals surface area contributed by atoms with Gasteiger partial charge in [-0.1, -0.05) is 0 Å². The predicted octanol–water partition coefficient (Wildman–Crippen LogP) is 3.41. The molecule has 82 valence electrons. The van der Waals surface area contributed by atoms with Crippen molar-refractivity contribution >= 4 is 33.2 Å². The molecule has 3 nitrogen and oxygen atoms in total. The maximum Gasteiger partial charge on any atom is 0.345 e. The standard InChI is InChI=1S/C10H5BrFNO2S/c11-8-6(4-7(16-8)10(14)15)5-2-1-3-13-9(5)12/h1-4H,(H,14,15). The van der Waals surface area contributed by atoms with Crippen LogP contribution >= 0.6 is 27.3 Å². The minimum atomic E-state index is -1.03. The van der Waals surface area contributed by atoms with Gasteiger partial charge in [-0.25, -0.2) is 9.78 Å². The third-order valence-corrected chi connectivity index (χ3v) is 3.77. The average Bonchev–Trinajstić information content (AvgIpc) is 2.61. The summed E-state index contributed by atoms with van der Waals surface area (Å²) in [5.74, 6) is -1.64. The maximum atomic E-state index is 13.4. The van der Waals surface area contributed by atoms with E-state index < -0.39 is 11.9 Å². The Morgan fingerprint density at radius 3 is 2.81 bits per heavy atom. The summed E-state index contributed by atoms with van der Waals surface area (Å²) >= 11 is 4.27. The number of carboxylic acids is 1. The second kappa shape index (κ2) is 4.31. The highest BCUT2D eigenvalue weighted by molar-refractivity contribution is 9.11. The van der Waals surface area contributed by atoms with Gasteiger partial charge in [0.05, 0.1) is 3.79 Å². The zero-order chi connectivity index (χ0) is 11.7. The molecule has 0 saturated carbocycles. The van der Waals surface area contributed by atoms with Gasteiger partial charge in [0.15, 0.2) is 0 Å². The smallest absolute Gasteiger partial charge is 0.345 e. The zero-order valence-corrected chi connectivity index (χ0v) is 10.2. The van der Waals surface area contributed by atoms with E-state index >= 15 is 0 Å². The fourth-order valence-electron chi connectivity index (χ4n) is 1.24. The lowest BCUT2D eigenvalue weighted by Gasteiger charge is -1.98. The number of rotatable bonds is 2. The molecular weight excluding hydrogens is 297 g/mol. The molecule has 0 bridgehead atoms. The van der Waals surface area contributed by atoms with Crippen molar-refractivity contribution in [2.24, 2.45) is 0 Å². The lowest BCUT2D eigenvalue weighted by molar-refractivity contribution is 0.0702. The van der Waals surface area contributed by atoms with E-state index in [1.807, 2.05) is 0 Å². The van der Waals surface area contributed by atoms with Gasteiger partial charge >= 0.3 is 5.97 Å². The molecule has 2 heterocycles. The summed E-state index contributed by atoms with van der Waals surface area (Å²) < 4.78 is 14.0. The fraction of sp³-hybridized carbons (Fsp3) is 0. The Bertz CT molecular complexity index is 556.